The van der Waals surface area contributed by atoms with Gasteiger partial charge in [-0.05, 0) is 31.5 Å². The highest BCUT2D eigenvalue weighted by molar-refractivity contribution is 9.10. The monoisotopic (exact) mass is 287 g/mol. The maximum absolute atomic E-state index is 9.21. The van der Waals surface area contributed by atoms with Gasteiger partial charge in [0.1, 0.15) is 5.75 Å². The molecule has 1 unspecified atom stereocenters. The molecule has 0 amide bonds. The molecular formula is C12H18BrNO2. The van der Waals surface area contributed by atoms with Crippen molar-refractivity contribution in [2.24, 2.45) is 0 Å². The maximum Gasteiger partial charge on any atom is 0.120 e. The molecule has 16 heavy (non-hydrogen) atoms. The normalized spacial score (nSPS) is 14.6. The number of methoxy groups -OCH3 is 1. The van der Waals surface area contributed by atoms with E-state index in [-0.39, 0.29) is 12.1 Å². The van der Waals surface area contributed by atoms with Crippen LogP contribution in [0.15, 0.2) is 22.7 Å². The predicted octanol–water partition coefficient (Wildman–Crippen LogP) is 2.49. The first-order chi connectivity index (χ1) is 7.54. The number of aliphatic hydroxyl groups excluding tert-OH is 1. The lowest BCUT2D eigenvalue weighted by Crippen LogP contribution is -2.27. The number of hydrogen-bond acceptors (Lipinski definition) is 3. The Labute approximate surface area is 105 Å². The van der Waals surface area contributed by atoms with Crippen molar-refractivity contribution >= 4 is 15.9 Å². The molecule has 1 aromatic carbocycles. The van der Waals surface area contributed by atoms with Crippen LogP contribution < -0.4 is 10.1 Å². The van der Waals surface area contributed by atoms with Gasteiger partial charge in [-0.3, -0.25) is 0 Å². The molecule has 0 aliphatic rings. The van der Waals surface area contributed by atoms with Gasteiger partial charge in [-0.25, -0.2) is 0 Å². The quantitative estimate of drug-likeness (QED) is 0.874. The molecule has 1 rings (SSSR count). The standard InChI is InChI=1S/C12H18BrNO2/c1-8(15)7-14-9(2)11-5-4-10(16-3)6-12(11)13/h4-6,8-9,14-15H,7H2,1-3H3/t8-,9?/m0/s1. The topological polar surface area (TPSA) is 41.5 Å². The average Bonchev–Trinajstić information content (AvgIpc) is 2.25. The number of benzene rings is 1. The van der Waals surface area contributed by atoms with Gasteiger partial charge in [0.05, 0.1) is 13.2 Å². The number of rotatable bonds is 5. The highest BCUT2D eigenvalue weighted by Gasteiger charge is 2.10. The Hall–Kier alpha value is -0.580. The molecule has 0 radical (unpaired) electrons. The van der Waals surface area contributed by atoms with Gasteiger partial charge in [-0.1, -0.05) is 22.0 Å². The zero-order valence-corrected chi connectivity index (χ0v) is 11.4. The minimum absolute atomic E-state index is 0.190. The van der Waals surface area contributed by atoms with Crippen LogP contribution in [-0.4, -0.2) is 24.9 Å². The maximum atomic E-state index is 9.21. The molecule has 0 spiro atoms. The summed E-state index contributed by atoms with van der Waals surface area (Å²) < 4.78 is 6.15. The number of halogens is 1. The molecule has 0 aliphatic heterocycles. The van der Waals surface area contributed by atoms with E-state index in [0.29, 0.717) is 6.54 Å². The van der Waals surface area contributed by atoms with E-state index in [9.17, 15) is 5.11 Å². The molecular weight excluding hydrogens is 270 g/mol. The van der Waals surface area contributed by atoms with Gasteiger partial charge >= 0.3 is 0 Å². The van der Waals surface area contributed by atoms with E-state index in [4.69, 9.17) is 4.74 Å². The van der Waals surface area contributed by atoms with Gasteiger partial charge in [0.2, 0.25) is 0 Å². The van der Waals surface area contributed by atoms with Crippen LogP contribution in [0.5, 0.6) is 5.75 Å². The summed E-state index contributed by atoms with van der Waals surface area (Å²) in [5.74, 6) is 0.832. The molecule has 0 saturated heterocycles. The highest BCUT2D eigenvalue weighted by atomic mass is 79.9. The summed E-state index contributed by atoms with van der Waals surface area (Å²) in [5, 5.41) is 12.5. The lowest BCUT2D eigenvalue weighted by Gasteiger charge is -2.17. The molecule has 1 aromatic rings. The van der Waals surface area contributed by atoms with E-state index in [1.54, 1.807) is 14.0 Å². The number of aliphatic hydroxyl groups is 1. The van der Waals surface area contributed by atoms with Crippen LogP contribution in [0.3, 0.4) is 0 Å². The Bertz CT molecular complexity index is 342. The first-order valence-corrected chi connectivity index (χ1v) is 6.08. The molecule has 0 aliphatic carbocycles. The molecule has 2 atom stereocenters. The lowest BCUT2D eigenvalue weighted by atomic mass is 10.1. The molecule has 4 heteroatoms. The number of hydrogen-bond donors (Lipinski definition) is 2. The number of nitrogens with one attached hydrogen (secondary N) is 1. The Morgan fingerprint density at radius 2 is 2.12 bits per heavy atom. The highest BCUT2D eigenvalue weighted by Crippen LogP contribution is 2.27. The third-order valence-electron chi connectivity index (χ3n) is 2.39. The van der Waals surface area contributed by atoms with Crippen LogP contribution in [0.4, 0.5) is 0 Å². The summed E-state index contributed by atoms with van der Waals surface area (Å²) in [6, 6.07) is 6.08. The second kappa shape index (κ2) is 6.23. The van der Waals surface area contributed by atoms with Crippen molar-refractivity contribution in [3.63, 3.8) is 0 Å². The van der Waals surface area contributed by atoms with E-state index in [1.165, 1.54) is 0 Å². The summed E-state index contributed by atoms with van der Waals surface area (Å²) in [7, 11) is 1.65. The van der Waals surface area contributed by atoms with Crippen molar-refractivity contribution in [2.45, 2.75) is 26.0 Å². The zero-order chi connectivity index (χ0) is 12.1. The van der Waals surface area contributed by atoms with Gasteiger partial charge in [0.25, 0.3) is 0 Å². The van der Waals surface area contributed by atoms with Gasteiger partial charge in [0, 0.05) is 17.1 Å². The predicted molar refractivity (Wildman–Crippen MR) is 68.8 cm³/mol. The van der Waals surface area contributed by atoms with Crippen LogP contribution in [0, 0.1) is 0 Å². The molecule has 0 saturated carbocycles. The van der Waals surface area contributed by atoms with Gasteiger partial charge in [0.15, 0.2) is 0 Å². The van der Waals surface area contributed by atoms with Crippen molar-refractivity contribution < 1.29 is 9.84 Å². The van der Waals surface area contributed by atoms with Crippen LogP contribution in [0.25, 0.3) is 0 Å². The molecule has 0 bridgehead atoms. The molecule has 90 valence electrons. The summed E-state index contributed by atoms with van der Waals surface area (Å²) in [6.45, 7) is 4.41. The van der Waals surface area contributed by atoms with Crippen LogP contribution in [-0.2, 0) is 0 Å². The third-order valence-corrected chi connectivity index (χ3v) is 3.08. The minimum Gasteiger partial charge on any atom is -0.497 e. The summed E-state index contributed by atoms with van der Waals surface area (Å²) in [4.78, 5) is 0. The van der Waals surface area contributed by atoms with E-state index in [1.807, 2.05) is 18.2 Å². The second-order valence-corrected chi connectivity index (χ2v) is 4.72. The fourth-order valence-corrected chi connectivity index (χ4v) is 2.14. The lowest BCUT2D eigenvalue weighted by molar-refractivity contribution is 0.187. The summed E-state index contributed by atoms with van der Waals surface area (Å²) >= 11 is 3.51. The largest absolute Gasteiger partial charge is 0.497 e. The Morgan fingerprint density at radius 3 is 2.62 bits per heavy atom. The van der Waals surface area contributed by atoms with Gasteiger partial charge in [-0.2, -0.15) is 0 Å². The molecule has 0 aromatic heterocycles. The van der Waals surface area contributed by atoms with Crippen molar-refractivity contribution in [3.05, 3.63) is 28.2 Å². The summed E-state index contributed by atoms with van der Waals surface area (Å²) in [6.07, 6.45) is -0.334. The van der Waals surface area contributed by atoms with Crippen molar-refractivity contribution in [1.29, 1.82) is 0 Å². The van der Waals surface area contributed by atoms with E-state index >= 15 is 0 Å². The Morgan fingerprint density at radius 1 is 1.44 bits per heavy atom. The van der Waals surface area contributed by atoms with Gasteiger partial charge < -0.3 is 15.2 Å². The first kappa shape index (κ1) is 13.5. The smallest absolute Gasteiger partial charge is 0.120 e. The fourth-order valence-electron chi connectivity index (χ4n) is 1.44. The van der Waals surface area contributed by atoms with Crippen LogP contribution in [0.1, 0.15) is 25.5 Å². The first-order valence-electron chi connectivity index (χ1n) is 5.29. The average molecular weight is 288 g/mol. The molecule has 3 nitrogen and oxygen atoms in total. The minimum atomic E-state index is -0.334. The SMILES string of the molecule is COc1ccc(C(C)NC[C@H](C)O)c(Br)c1. The van der Waals surface area contributed by atoms with E-state index in [2.05, 4.69) is 28.2 Å². The van der Waals surface area contributed by atoms with Gasteiger partial charge in [-0.15, -0.1) is 0 Å². The number of ether oxygens (including phenoxy) is 1. The Balaban J connectivity index is 2.71. The molecule has 0 fully saturated rings. The van der Waals surface area contributed by atoms with Crippen molar-refractivity contribution in [2.75, 3.05) is 13.7 Å². The van der Waals surface area contributed by atoms with E-state index < -0.39 is 0 Å². The third kappa shape index (κ3) is 3.77. The van der Waals surface area contributed by atoms with Crippen LogP contribution >= 0.6 is 15.9 Å². The second-order valence-electron chi connectivity index (χ2n) is 3.87. The van der Waals surface area contributed by atoms with Crippen molar-refractivity contribution in [1.82, 2.24) is 5.32 Å². The van der Waals surface area contributed by atoms with Crippen LogP contribution in [0.2, 0.25) is 0 Å². The fraction of sp³-hybridized carbons (Fsp3) is 0.500. The van der Waals surface area contributed by atoms with Crippen molar-refractivity contribution in [3.8, 4) is 5.75 Å². The van der Waals surface area contributed by atoms with E-state index in [0.717, 1.165) is 15.8 Å². The zero-order valence-electron chi connectivity index (χ0n) is 9.83. The Kier molecular flexibility index (Phi) is 5.25. The summed E-state index contributed by atoms with van der Waals surface area (Å²) in [5.41, 5.74) is 1.15. The molecule has 0 heterocycles. The molecule has 2 N–H and O–H groups in total.